The zero-order valence-electron chi connectivity index (χ0n) is 8.69. The Morgan fingerprint density at radius 1 is 1.60 bits per heavy atom. The zero-order chi connectivity index (χ0) is 11.8. The Hall–Kier alpha value is -1.54. The molecule has 1 unspecified atom stereocenters. The molecule has 0 rings (SSSR count). The zero-order valence-corrected chi connectivity index (χ0v) is 8.69. The van der Waals surface area contributed by atoms with Gasteiger partial charge in [0.05, 0.1) is 6.04 Å². The number of nitrogens with one attached hydrogen (secondary N) is 1. The minimum Gasteiger partial charge on any atom is -0.480 e. The number of hydrogen-bond donors (Lipinski definition) is 3. The van der Waals surface area contributed by atoms with Gasteiger partial charge in [-0.3, -0.25) is 4.79 Å². The van der Waals surface area contributed by atoms with Crippen molar-refractivity contribution in [2.24, 2.45) is 5.73 Å². The Morgan fingerprint density at radius 3 is 2.60 bits per heavy atom. The SMILES string of the molecule is C#CCC(NC(=O)[C@@H](N)CCC)C(=O)O. The van der Waals surface area contributed by atoms with Gasteiger partial charge in [0.15, 0.2) is 0 Å². The maximum atomic E-state index is 11.4. The number of carbonyl (C=O) groups excluding carboxylic acids is 1. The number of carboxylic acid groups (broad SMARTS) is 1. The van der Waals surface area contributed by atoms with Crippen molar-refractivity contribution in [3.8, 4) is 12.3 Å². The summed E-state index contributed by atoms with van der Waals surface area (Å²) < 4.78 is 0. The average molecular weight is 212 g/mol. The number of carboxylic acids is 1. The van der Waals surface area contributed by atoms with E-state index in [-0.39, 0.29) is 6.42 Å². The smallest absolute Gasteiger partial charge is 0.327 e. The molecule has 0 radical (unpaired) electrons. The van der Waals surface area contributed by atoms with Gasteiger partial charge in [0.2, 0.25) is 5.91 Å². The van der Waals surface area contributed by atoms with Crippen LogP contribution < -0.4 is 11.1 Å². The molecule has 0 aromatic rings. The Kier molecular flexibility index (Phi) is 6.14. The van der Waals surface area contributed by atoms with Crippen LogP contribution in [-0.2, 0) is 9.59 Å². The molecule has 0 bridgehead atoms. The fourth-order valence-electron chi connectivity index (χ4n) is 1.04. The summed E-state index contributed by atoms with van der Waals surface area (Å²) in [6.45, 7) is 1.89. The molecule has 2 atom stereocenters. The Balaban J connectivity index is 4.23. The second-order valence-electron chi connectivity index (χ2n) is 3.20. The lowest BCUT2D eigenvalue weighted by Crippen LogP contribution is -2.48. The maximum absolute atomic E-state index is 11.4. The number of carbonyl (C=O) groups is 2. The van der Waals surface area contributed by atoms with E-state index in [9.17, 15) is 9.59 Å². The second-order valence-corrected chi connectivity index (χ2v) is 3.20. The highest BCUT2D eigenvalue weighted by molar-refractivity contribution is 5.86. The lowest BCUT2D eigenvalue weighted by Gasteiger charge is -2.15. The first-order chi connectivity index (χ1) is 7.02. The van der Waals surface area contributed by atoms with Crippen LogP contribution in [0.5, 0.6) is 0 Å². The Bertz CT molecular complexity index is 270. The molecule has 0 saturated heterocycles. The molecule has 0 aliphatic carbocycles. The summed E-state index contributed by atoms with van der Waals surface area (Å²) in [4.78, 5) is 22.0. The van der Waals surface area contributed by atoms with E-state index in [1.807, 2.05) is 6.92 Å². The van der Waals surface area contributed by atoms with Gasteiger partial charge in [0.25, 0.3) is 0 Å². The van der Waals surface area contributed by atoms with Gasteiger partial charge in [-0.05, 0) is 6.42 Å². The normalized spacial score (nSPS) is 13.7. The third-order valence-electron chi connectivity index (χ3n) is 1.87. The molecule has 1 amide bonds. The minimum absolute atomic E-state index is 0.0417. The topological polar surface area (TPSA) is 92.4 Å². The summed E-state index contributed by atoms with van der Waals surface area (Å²) in [5, 5.41) is 11.0. The average Bonchev–Trinajstić information content (AvgIpc) is 2.17. The molecular formula is C10H16N2O3. The monoisotopic (exact) mass is 212 g/mol. The quantitative estimate of drug-likeness (QED) is 0.527. The number of aliphatic carboxylic acids is 1. The van der Waals surface area contributed by atoms with Crippen molar-refractivity contribution in [2.75, 3.05) is 0 Å². The molecule has 0 aliphatic rings. The molecule has 84 valence electrons. The van der Waals surface area contributed by atoms with Crippen molar-refractivity contribution in [2.45, 2.75) is 38.3 Å². The van der Waals surface area contributed by atoms with Crippen molar-refractivity contribution in [1.29, 1.82) is 0 Å². The number of amides is 1. The van der Waals surface area contributed by atoms with Crippen molar-refractivity contribution >= 4 is 11.9 Å². The molecule has 0 aromatic carbocycles. The first kappa shape index (κ1) is 13.5. The predicted molar refractivity (Wildman–Crippen MR) is 55.9 cm³/mol. The molecule has 4 N–H and O–H groups in total. The Morgan fingerprint density at radius 2 is 2.20 bits per heavy atom. The first-order valence-electron chi connectivity index (χ1n) is 4.75. The van der Waals surface area contributed by atoms with Crippen LogP contribution in [0.3, 0.4) is 0 Å². The van der Waals surface area contributed by atoms with Crippen LogP contribution >= 0.6 is 0 Å². The van der Waals surface area contributed by atoms with Gasteiger partial charge in [-0.25, -0.2) is 4.79 Å². The molecular weight excluding hydrogens is 196 g/mol. The first-order valence-corrected chi connectivity index (χ1v) is 4.75. The van der Waals surface area contributed by atoms with E-state index in [4.69, 9.17) is 17.3 Å². The van der Waals surface area contributed by atoms with Gasteiger partial charge in [0.1, 0.15) is 6.04 Å². The highest BCUT2D eigenvalue weighted by atomic mass is 16.4. The fraction of sp³-hybridized carbons (Fsp3) is 0.600. The van der Waals surface area contributed by atoms with Crippen LogP contribution in [0.2, 0.25) is 0 Å². The van der Waals surface area contributed by atoms with Crippen LogP contribution in [0.15, 0.2) is 0 Å². The van der Waals surface area contributed by atoms with E-state index in [2.05, 4.69) is 11.2 Å². The summed E-state index contributed by atoms with van der Waals surface area (Å²) >= 11 is 0. The van der Waals surface area contributed by atoms with E-state index in [1.54, 1.807) is 0 Å². The third-order valence-corrected chi connectivity index (χ3v) is 1.87. The van der Waals surface area contributed by atoms with Gasteiger partial charge < -0.3 is 16.2 Å². The van der Waals surface area contributed by atoms with Gasteiger partial charge in [-0.15, -0.1) is 12.3 Å². The van der Waals surface area contributed by atoms with E-state index in [0.717, 1.165) is 6.42 Å². The summed E-state index contributed by atoms with van der Waals surface area (Å²) in [5.41, 5.74) is 5.52. The molecule has 0 aromatic heterocycles. The van der Waals surface area contributed by atoms with E-state index in [1.165, 1.54) is 0 Å². The van der Waals surface area contributed by atoms with Crippen molar-refractivity contribution in [1.82, 2.24) is 5.32 Å². The highest BCUT2D eigenvalue weighted by Crippen LogP contribution is 1.96. The largest absolute Gasteiger partial charge is 0.480 e. The molecule has 0 heterocycles. The number of rotatable bonds is 6. The number of nitrogens with two attached hydrogens (primary N) is 1. The van der Waals surface area contributed by atoms with Gasteiger partial charge in [-0.2, -0.15) is 0 Å². The summed E-state index contributed by atoms with van der Waals surface area (Å²) in [5.74, 6) is 0.568. The number of terminal acetylenes is 1. The molecule has 5 heteroatoms. The summed E-state index contributed by atoms with van der Waals surface area (Å²) in [6, 6.07) is -1.72. The van der Waals surface area contributed by atoms with Crippen LogP contribution in [0, 0.1) is 12.3 Å². The fourth-order valence-corrected chi connectivity index (χ4v) is 1.04. The van der Waals surface area contributed by atoms with Gasteiger partial charge >= 0.3 is 5.97 Å². The van der Waals surface area contributed by atoms with Gasteiger partial charge in [-0.1, -0.05) is 13.3 Å². The van der Waals surface area contributed by atoms with Crippen LogP contribution in [0.4, 0.5) is 0 Å². The summed E-state index contributed by atoms with van der Waals surface area (Å²) in [7, 11) is 0. The van der Waals surface area contributed by atoms with Crippen molar-refractivity contribution in [3.05, 3.63) is 0 Å². The molecule has 0 saturated carbocycles. The van der Waals surface area contributed by atoms with Crippen LogP contribution in [-0.4, -0.2) is 29.1 Å². The third kappa shape index (κ3) is 5.03. The molecule has 15 heavy (non-hydrogen) atoms. The summed E-state index contributed by atoms with van der Waals surface area (Å²) in [6.07, 6.45) is 6.23. The molecule has 0 aliphatic heterocycles. The highest BCUT2D eigenvalue weighted by Gasteiger charge is 2.21. The molecule has 5 nitrogen and oxygen atoms in total. The lowest BCUT2D eigenvalue weighted by atomic mass is 10.1. The second kappa shape index (κ2) is 6.85. The standard InChI is InChI=1S/C10H16N2O3/c1-3-5-7(11)9(13)12-8(6-4-2)10(14)15/h2,7-8H,3,5-6,11H2,1H3,(H,12,13)(H,14,15)/t7-,8?/m0/s1. The molecule has 0 fully saturated rings. The molecule has 0 spiro atoms. The van der Waals surface area contributed by atoms with Crippen molar-refractivity contribution < 1.29 is 14.7 Å². The van der Waals surface area contributed by atoms with Crippen LogP contribution in [0.25, 0.3) is 0 Å². The number of hydrogen-bond acceptors (Lipinski definition) is 3. The predicted octanol–water partition coefficient (Wildman–Crippen LogP) is -0.293. The van der Waals surface area contributed by atoms with Crippen molar-refractivity contribution in [3.63, 3.8) is 0 Å². The van der Waals surface area contributed by atoms with E-state index in [0.29, 0.717) is 6.42 Å². The Labute approximate surface area is 89.0 Å². The van der Waals surface area contributed by atoms with Gasteiger partial charge in [0, 0.05) is 6.42 Å². The van der Waals surface area contributed by atoms with Crippen LogP contribution in [0.1, 0.15) is 26.2 Å². The maximum Gasteiger partial charge on any atom is 0.327 e. The van der Waals surface area contributed by atoms with E-state index >= 15 is 0 Å². The van der Waals surface area contributed by atoms with E-state index < -0.39 is 24.0 Å². The minimum atomic E-state index is -1.15. The lowest BCUT2D eigenvalue weighted by molar-refractivity contribution is -0.141.